The fraction of sp³-hybridized carbons (Fsp3) is 0.364. The van der Waals surface area contributed by atoms with Gasteiger partial charge in [0.25, 0.3) is 0 Å². The van der Waals surface area contributed by atoms with E-state index in [0.29, 0.717) is 6.42 Å². The second kappa shape index (κ2) is 5.24. The lowest BCUT2D eigenvalue weighted by Gasteiger charge is -1.95. The largest absolute Gasteiger partial charge is 0.273 e. The summed E-state index contributed by atoms with van der Waals surface area (Å²) in [6.07, 6.45) is 0.438. The molecule has 0 N–H and O–H groups in total. The molecule has 0 saturated carbocycles. The summed E-state index contributed by atoms with van der Waals surface area (Å²) in [5, 5.41) is 7.66. The predicted octanol–water partition coefficient (Wildman–Crippen LogP) is 2.75. The maximum absolute atomic E-state index is 11.3. The van der Waals surface area contributed by atoms with E-state index in [2.05, 4.69) is 10.3 Å². The monoisotopic (exact) mass is 207 g/mol. The number of fused-ring (bicyclic) bond motifs is 1. The molecule has 0 unspecified atom stereocenters. The number of benzene rings is 1. The molecule has 4 nitrogen and oxygen atoms in total. The van der Waals surface area contributed by atoms with Crippen LogP contribution in [0.1, 0.15) is 33.0 Å². The van der Waals surface area contributed by atoms with E-state index < -0.39 is 0 Å². The first-order chi connectivity index (χ1) is 6.33. The molecular formula is C11H17N3O. The Morgan fingerprint density at radius 2 is 2.00 bits per heavy atom. The van der Waals surface area contributed by atoms with Crippen LogP contribution in [0.25, 0.3) is 11.0 Å². The fourth-order valence-electron chi connectivity index (χ4n) is 1.20. The van der Waals surface area contributed by atoms with Gasteiger partial charge in [-0.25, -0.2) is 0 Å². The molecule has 4 heteroatoms. The highest BCUT2D eigenvalue weighted by Crippen LogP contribution is 2.09. The summed E-state index contributed by atoms with van der Waals surface area (Å²) in [6.45, 7) is 1.80. The highest BCUT2D eigenvalue weighted by Gasteiger charge is 2.08. The molecule has 15 heavy (non-hydrogen) atoms. The third kappa shape index (κ3) is 2.21. The number of hydrogen-bond donors (Lipinski definition) is 0. The Labute approximate surface area is 89.9 Å². The van der Waals surface area contributed by atoms with Crippen molar-refractivity contribution >= 4 is 16.9 Å². The Kier molecular flexibility index (Phi) is 4.64. The normalized spacial score (nSPS) is 9.13. The van der Waals surface area contributed by atoms with Crippen LogP contribution in [0.5, 0.6) is 0 Å². The van der Waals surface area contributed by atoms with Gasteiger partial charge in [0.05, 0.1) is 5.52 Å². The maximum atomic E-state index is 11.3. The quantitative estimate of drug-likeness (QED) is 0.722. The number of rotatable bonds is 1. The molecule has 1 aromatic carbocycles. The number of aromatic nitrogens is 3. The zero-order valence-electron chi connectivity index (χ0n) is 7.27. The molecule has 2 rings (SSSR count). The molecule has 0 radical (unpaired) electrons. The van der Waals surface area contributed by atoms with Gasteiger partial charge < -0.3 is 0 Å². The topological polar surface area (TPSA) is 47.8 Å². The molecule has 0 atom stereocenters. The Balaban J connectivity index is 0.000000980. The first-order valence-corrected chi connectivity index (χ1v) is 4.16. The summed E-state index contributed by atoms with van der Waals surface area (Å²) in [6, 6.07) is 7.41. The van der Waals surface area contributed by atoms with Crippen molar-refractivity contribution in [2.24, 2.45) is 0 Å². The minimum Gasteiger partial charge on any atom is -0.273 e. The molecule has 0 aliphatic heterocycles. The second-order valence-electron chi connectivity index (χ2n) is 2.74. The van der Waals surface area contributed by atoms with Crippen LogP contribution < -0.4 is 0 Å². The lowest BCUT2D eigenvalue weighted by atomic mass is 10.3. The molecule has 0 aliphatic carbocycles. The number of carbonyl (C=O) groups excluding carboxylic acids is 1. The molecule has 0 aliphatic rings. The van der Waals surface area contributed by atoms with E-state index in [4.69, 9.17) is 0 Å². The number of carbonyl (C=O) groups is 1. The van der Waals surface area contributed by atoms with Gasteiger partial charge in [-0.3, -0.25) is 4.79 Å². The van der Waals surface area contributed by atoms with Crippen molar-refractivity contribution in [2.75, 3.05) is 0 Å². The van der Waals surface area contributed by atoms with Gasteiger partial charge in [0, 0.05) is 6.42 Å². The average Bonchev–Trinajstić information content (AvgIpc) is 2.60. The third-order valence-corrected chi connectivity index (χ3v) is 1.89. The van der Waals surface area contributed by atoms with Crippen molar-refractivity contribution in [3.63, 3.8) is 0 Å². The van der Waals surface area contributed by atoms with Gasteiger partial charge in [0.1, 0.15) is 5.52 Å². The van der Waals surface area contributed by atoms with E-state index >= 15 is 0 Å². The van der Waals surface area contributed by atoms with Crippen molar-refractivity contribution in [3.05, 3.63) is 24.3 Å². The molecule has 0 amide bonds. The molecular weight excluding hydrogens is 190 g/mol. The van der Waals surface area contributed by atoms with Crippen molar-refractivity contribution in [3.8, 4) is 0 Å². The van der Waals surface area contributed by atoms with Crippen LogP contribution in [0.15, 0.2) is 24.3 Å². The zero-order valence-corrected chi connectivity index (χ0v) is 7.27. The van der Waals surface area contributed by atoms with Crippen LogP contribution >= 0.6 is 0 Å². The molecule has 0 bridgehead atoms. The second-order valence-corrected chi connectivity index (χ2v) is 2.74. The SMILES string of the molecule is C.C.CCC(=O)n1nnc2ccccc21. The maximum Gasteiger partial charge on any atom is 0.248 e. The van der Waals surface area contributed by atoms with E-state index in [9.17, 15) is 4.79 Å². The highest BCUT2D eigenvalue weighted by molar-refractivity contribution is 5.88. The summed E-state index contributed by atoms with van der Waals surface area (Å²) in [7, 11) is 0. The predicted molar refractivity (Wildman–Crippen MR) is 61.9 cm³/mol. The van der Waals surface area contributed by atoms with E-state index in [1.165, 1.54) is 4.68 Å². The molecule has 1 heterocycles. The van der Waals surface area contributed by atoms with Gasteiger partial charge in [-0.2, -0.15) is 4.68 Å². The Morgan fingerprint density at radius 1 is 1.33 bits per heavy atom. The zero-order chi connectivity index (χ0) is 9.26. The van der Waals surface area contributed by atoms with Crippen LogP contribution in [0.4, 0.5) is 0 Å². The lowest BCUT2D eigenvalue weighted by molar-refractivity contribution is 0.0896. The molecule has 82 valence electrons. The van der Waals surface area contributed by atoms with Crippen molar-refractivity contribution in [1.82, 2.24) is 15.0 Å². The summed E-state index contributed by atoms with van der Waals surface area (Å²) in [5.74, 6) is -0.0336. The standard InChI is InChI=1S/C9H9N3O.2CH4/c1-2-9(13)12-8-6-4-3-5-7(8)10-11-12;;/h3-6H,2H2,1H3;2*1H4. The Morgan fingerprint density at radius 3 is 2.67 bits per heavy atom. The molecule has 0 fully saturated rings. The first kappa shape index (κ1) is 13.3. The first-order valence-electron chi connectivity index (χ1n) is 4.16. The summed E-state index contributed by atoms with van der Waals surface area (Å²) in [4.78, 5) is 11.3. The van der Waals surface area contributed by atoms with Crippen LogP contribution in [0.2, 0.25) is 0 Å². The van der Waals surface area contributed by atoms with Crippen LogP contribution in [0, 0.1) is 0 Å². The third-order valence-electron chi connectivity index (χ3n) is 1.89. The van der Waals surface area contributed by atoms with E-state index in [1.54, 1.807) is 6.92 Å². The van der Waals surface area contributed by atoms with E-state index in [0.717, 1.165) is 11.0 Å². The smallest absolute Gasteiger partial charge is 0.248 e. The Hall–Kier alpha value is -1.71. The summed E-state index contributed by atoms with van der Waals surface area (Å²) >= 11 is 0. The van der Waals surface area contributed by atoms with Crippen LogP contribution in [-0.2, 0) is 0 Å². The van der Waals surface area contributed by atoms with Gasteiger partial charge in [-0.05, 0) is 12.1 Å². The minimum atomic E-state index is -0.0336. The van der Waals surface area contributed by atoms with E-state index in [1.807, 2.05) is 24.3 Å². The van der Waals surface area contributed by atoms with Crippen LogP contribution in [0.3, 0.4) is 0 Å². The highest BCUT2D eigenvalue weighted by atomic mass is 16.2. The van der Waals surface area contributed by atoms with Crippen LogP contribution in [-0.4, -0.2) is 20.9 Å². The minimum absolute atomic E-state index is 0. The van der Waals surface area contributed by atoms with Crippen molar-refractivity contribution in [1.29, 1.82) is 0 Å². The van der Waals surface area contributed by atoms with Gasteiger partial charge in [-0.15, -0.1) is 5.10 Å². The molecule has 2 aromatic rings. The van der Waals surface area contributed by atoms with Crippen molar-refractivity contribution in [2.45, 2.75) is 28.2 Å². The fourth-order valence-corrected chi connectivity index (χ4v) is 1.20. The number of nitrogens with zero attached hydrogens (tertiary/aromatic N) is 3. The van der Waals surface area contributed by atoms with Gasteiger partial charge in [-0.1, -0.05) is 39.1 Å². The van der Waals surface area contributed by atoms with Gasteiger partial charge in [0.2, 0.25) is 5.91 Å². The molecule has 0 saturated heterocycles. The molecule has 0 spiro atoms. The van der Waals surface area contributed by atoms with Gasteiger partial charge in [0.15, 0.2) is 0 Å². The summed E-state index contributed by atoms with van der Waals surface area (Å²) < 4.78 is 1.34. The number of hydrogen-bond acceptors (Lipinski definition) is 3. The average molecular weight is 207 g/mol. The van der Waals surface area contributed by atoms with Crippen molar-refractivity contribution < 1.29 is 4.79 Å². The Bertz CT molecular complexity index is 448. The lowest BCUT2D eigenvalue weighted by Crippen LogP contribution is -2.10. The summed E-state index contributed by atoms with van der Waals surface area (Å²) in [5.41, 5.74) is 1.53. The van der Waals surface area contributed by atoms with E-state index in [-0.39, 0.29) is 20.8 Å². The van der Waals surface area contributed by atoms with Gasteiger partial charge >= 0.3 is 0 Å². The number of para-hydroxylation sites is 1. The molecule has 1 aromatic heterocycles.